The predicted octanol–water partition coefficient (Wildman–Crippen LogP) is 2.87. The monoisotopic (exact) mass is 331 g/mol. The fraction of sp³-hybridized carbons (Fsp3) is 0.273. The van der Waals surface area contributed by atoms with Gasteiger partial charge in [0, 0.05) is 19.0 Å². The van der Waals surface area contributed by atoms with Crippen molar-refractivity contribution in [3.63, 3.8) is 0 Å². The van der Waals surface area contributed by atoms with E-state index >= 15 is 0 Å². The molecule has 1 amide bonds. The van der Waals surface area contributed by atoms with Gasteiger partial charge in [0.25, 0.3) is 0 Å². The molecule has 1 aromatic heterocycles. The Balaban J connectivity index is 2.37. The third-order valence-corrected chi connectivity index (χ3v) is 3.55. The van der Waals surface area contributed by atoms with Gasteiger partial charge in [0.05, 0.1) is 15.5 Å². The van der Waals surface area contributed by atoms with E-state index in [1.807, 2.05) is 4.57 Å². The number of carbonyl (C=O) groups excluding carboxylic acids is 1. The third-order valence-electron chi connectivity index (χ3n) is 2.62. The first kappa shape index (κ1) is 13.2. The van der Waals surface area contributed by atoms with Crippen molar-refractivity contribution in [3.05, 3.63) is 27.2 Å². The van der Waals surface area contributed by atoms with Gasteiger partial charge in [0.2, 0.25) is 5.91 Å². The number of aromatic amines is 1. The van der Waals surface area contributed by atoms with Crippen molar-refractivity contribution in [3.8, 4) is 0 Å². The zero-order chi connectivity index (χ0) is 13.3. The van der Waals surface area contributed by atoms with Crippen LogP contribution in [0.2, 0.25) is 0 Å². The summed E-state index contributed by atoms with van der Waals surface area (Å²) in [5.41, 5.74) is 6.53. The van der Waals surface area contributed by atoms with Crippen LogP contribution in [0.1, 0.15) is 12.8 Å². The molecule has 96 valence electrons. The molecule has 2 aromatic rings. The minimum Gasteiger partial charge on any atom is -0.370 e. The Morgan fingerprint density at radius 2 is 2.28 bits per heavy atom. The van der Waals surface area contributed by atoms with Crippen molar-refractivity contribution in [1.82, 2.24) is 9.55 Å². The summed E-state index contributed by atoms with van der Waals surface area (Å²) in [5.74, 6) is -0.684. The van der Waals surface area contributed by atoms with E-state index in [1.54, 1.807) is 6.07 Å². The number of imidazole rings is 1. The smallest absolute Gasteiger partial charge is 0.217 e. The van der Waals surface area contributed by atoms with Crippen LogP contribution in [0.4, 0.5) is 4.39 Å². The third kappa shape index (κ3) is 2.62. The van der Waals surface area contributed by atoms with Crippen LogP contribution in [0.25, 0.3) is 11.0 Å². The number of aromatic nitrogens is 2. The number of nitrogens with one attached hydrogen (secondary N) is 1. The Morgan fingerprint density at radius 3 is 2.94 bits per heavy atom. The van der Waals surface area contributed by atoms with Gasteiger partial charge in [-0.2, -0.15) is 0 Å². The second kappa shape index (κ2) is 5.19. The van der Waals surface area contributed by atoms with Gasteiger partial charge in [0.1, 0.15) is 5.82 Å². The van der Waals surface area contributed by atoms with Crippen molar-refractivity contribution in [2.75, 3.05) is 0 Å². The molecule has 0 aliphatic carbocycles. The lowest BCUT2D eigenvalue weighted by Gasteiger charge is -2.04. The zero-order valence-corrected chi connectivity index (χ0v) is 11.8. The number of rotatable bonds is 4. The lowest BCUT2D eigenvalue weighted by Crippen LogP contribution is -2.11. The molecule has 0 unspecified atom stereocenters. The Morgan fingerprint density at radius 1 is 1.56 bits per heavy atom. The minimum absolute atomic E-state index is 0.302. The molecular formula is C11H11BrFN3OS. The molecule has 0 bridgehead atoms. The van der Waals surface area contributed by atoms with Crippen LogP contribution in [-0.2, 0) is 11.3 Å². The molecule has 0 fully saturated rings. The molecule has 0 radical (unpaired) electrons. The van der Waals surface area contributed by atoms with Crippen LogP contribution in [-0.4, -0.2) is 15.5 Å². The van der Waals surface area contributed by atoms with Gasteiger partial charge in [-0.05, 0) is 40.6 Å². The fourth-order valence-electron chi connectivity index (χ4n) is 1.79. The molecule has 0 saturated heterocycles. The summed E-state index contributed by atoms with van der Waals surface area (Å²) in [6, 6.07) is 3.06. The van der Waals surface area contributed by atoms with Crippen molar-refractivity contribution in [2.24, 2.45) is 5.73 Å². The summed E-state index contributed by atoms with van der Waals surface area (Å²) < 4.78 is 16.1. The number of aryl methyl sites for hydroxylation is 1. The highest BCUT2D eigenvalue weighted by Gasteiger charge is 2.08. The van der Waals surface area contributed by atoms with E-state index in [2.05, 4.69) is 20.9 Å². The first-order valence-electron chi connectivity index (χ1n) is 5.35. The van der Waals surface area contributed by atoms with Gasteiger partial charge >= 0.3 is 0 Å². The van der Waals surface area contributed by atoms with E-state index < -0.39 is 0 Å². The lowest BCUT2D eigenvalue weighted by molar-refractivity contribution is -0.118. The second-order valence-electron chi connectivity index (χ2n) is 3.94. The van der Waals surface area contributed by atoms with Crippen LogP contribution >= 0.6 is 28.1 Å². The Bertz CT molecular complexity index is 664. The number of H-pyrrole nitrogens is 1. The van der Waals surface area contributed by atoms with Crippen molar-refractivity contribution in [1.29, 1.82) is 0 Å². The second-order valence-corrected chi connectivity index (χ2v) is 5.18. The van der Waals surface area contributed by atoms with Gasteiger partial charge in [-0.25, -0.2) is 4.39 Å². The van der Waals surface area contributed by atoms with Crippen LogP contribution in [0.15, 0.2) is 16.6 Å². The first-order chi connectivity index (χ1) is 8.49. The summed E-state index contributed by atoms with van der Waals surface area (Å²) in [6.07, 6.45) is 0.905. The maximum atomic E-state index is 13.4. The topological polar surface area (TPSA) is 63.8 Å². The van der Waals surface area contributed by atoms with Crippen molar-refractivity contribution < 1.29 is 9.18 Å². The molecule has 1 heterocycles. The van der Waals surface area contributed by atoms with Crippen LogP contribution in [0, 0.1) is 10.6 Å². The van der Waals surface area contributed by atoms with E-state index in [0.29, 0.717) is 34.1 Å². The van der Waals surface area contributed by atoms with Gasteiger partial charge in [-0.15, -0.1) is 0 Å². The summed E-state index contributed by atoms with van der Waals surface area (Å²) in [7, 11) is 0. The van der Waals surface area contributed by atoms with Gasteiger partial charge < -0.3 is 15.3 Å². The molecule has 0 saturated carbocycles. The number of benzene rings is 1. The SMILES string of the molecule is NC(=O)CCCn1c(=S)[nH]c2cc(F)c(Br)cc21. The van der Waals surface area contributed by atoms with Crippen LogP contribution in [0.3, 0.4) is 0 Å². The zero-order valence-electron chi connectivity index (χ0n) is 9.37. The molecule has 0 atom stereocenters. The lowest BCUT2D eigenvalue weighted by atomic mass is 10.2. The van der Waals surface area contributed by atoms with E-state index in [0.717, 1.165) is 5.52 Å². The fourth-order valence-corrected chi connectivity index (χ4v) is 2.42. The maximum Gasteiger partial charge on any atom is 0.217 e. The number of carbonyl (C=O) groups is 1. The molecule has 4 nitrogen and oxygen atoms in total. The number of hydrogen-bond acceptors (Lipinski definition) is 2. The van der Waals surface area contributed by atoms with Crippen molar-refractivity contribution in [2.45, 2.75) is 19.4 Å². The molecule has 7 heteroatoms. The molecule has 0 aliphatic heterocycles. The predicted molar refractivity (Wildman–Crippen MR) is 73.2 cm³/mol. The first-order valence-corrected chi connectivity index (χ1v) is 6.55. The largest absolute Gasteiger partial charge is 0.370 e. The number of primary amides is 1. The van der Waals surface area contributed by atoms with Gasteiger partial charge in [-0.3, -0.25) is 4.79 Å². The molecule has 18 heavy (non-hydrogen) atoms. The average Bonchev–Trinajstić information content (AvgIpc) is 2.56. The Hall–Kier alpha value is -1.21. The molecular weight excluding hydrogens is 321 g/mol. The highest BCUT2D eigenvalue weighted by Crippen LogP contribution is 2.23. The Kier molecular flexibility index (Phi) is 3.82. The van der Waals surface area contributed by atoms with E-state index in [1.165, 1.54) is 6.07 Å². The van der Waals surface area contributed by atoms with Crippen LogP contribution < -0.4 is 5.73 Å². The summed E-state index contributed by atoms with van der Waals surface area (Å²) in [4.78, 5) is 13.6. The average molecular weight is 332 g/mol. The van der Waals surface area contributed by atoms with Crippen LogP contribution in [0.5, 0.6) is 0 Å². The minimum atomic E-state index is -0.344. The maximum absolute atomic E-state index is 13.4. The summed E-state index contributed by atoms with van der Waals surface area (Å²) in [5, 5.41) is 0. The molecule has 3 N–H and O–H groups in total. The van der Waals surface area contributed by atoms with E-state index in [-0.39, 0.29) is 11.7 Å². The van der Waals surface area contributed by atoms with E-state index in [4.69, 9.17) is 18.0 Å². The molecule has 0 aliphatic rings. The highest BCUT2D eigenvalue weighted by atomic mass is 79.9. The number of hydrogen-bond donors (Lipinski definition) is 2. The molecule has 2 rings (SSSR count). The summed E-state index contributed by atoms with van der Waals surface area (Å²) >= 11 is 8.31. The normalized spacial score (nSPS) is 11.0. The van der Waals surface area contributed by atoms with Crippen molar-refractivity contribution >= 4 is 45.1 Å². The van der Waals surface area contributed by atoms with Gasteiger partial charge in [0.15, 0.2) is 4.77 Å². The number of halogens is 2. The quantitative estimate of drug-likeness (QED) is 0.846. The number of amides is 1. The highest BCUT2D eigenvalue weighted by molar-refractivity contribution is 9.10. The number of nitrogens with two attached hydrogens (primary N) is 1. The Labute approximate surface area is 116 Å². The molecule has 0 spiro atoms. The standard InChI is InChI=1S/C11H11BrFN3OS/c12-6-4-9-8(5-7(6)13)15-11(18)16(9)3-1-2-10(14)17/h4-5H,1-3H2,(H2,14,17)(H,15,18). The summed E-state index contributed by atoms with van der Waals surface area (Å²) in [6.45, 7) is 0.569. The number of nitrogens with zero attached hydrogens (tertiary/aromatic N) is 1. The van der Waals surface area contributed by atoms with E-state index in [9.17, 15) is 9.18 Å². The molecule has 1 aromatic carbocycles. The number of fused-ring (bicyclic) bond motifs is 1. The van der Waals surface area contributed by atoms with Gasteiger partial charge in [-0.1, -0.05) is 0 Å².